The van der Waals surface area contributed by atoms with Crippen molar-refractivity contribution in [2.75, 3.05) is 26.3 Å². The predicted octanol–water partition coefficient (Wildman–Crippen LogP) is -1.18. The molecule has 1 rings (SSSR count). The second-order valence-corrected chi connectivity index (χ2v) is 3.30. The molecule has 0 aliphatic carbocycles. The number of rotatable bonds is 4. The van der Waals surface area contributed by atoms with Gasteiger partial charge in [0.25, 0.3) is 0 Å². The summed E-state index contributed by atoms with van der Waals surface area (Å²) in [4.78, 5) is 0. The molecule has 2 nitrogen and oxygen atoms in total. The van der Waals surface area contributed by atoms with Crippen LogP contribution in [0, 0.1) is 5.92 Å². The van der Waals surface area contributed by atoms with E-state index in [0.717, 1.165) is 12.8 Å². The Bertz CT molecular complexity index is 150. The Morgan fingerprint density at radius 1 is 1.21 bits per heavy atom. The largest absolute Gasteiger partial charge is 1.00 e. The molecule has 0 radical (unpaired) electrons. The third kappa shape index (κ3) is 7.67. The molecular formula is C7H13BF3KO2. The molecule has 78 valence electrons. The summed E-state index contributed by atoms with van der Waals surface area (Å²) in [6, 6.07) is 0. The summed E-state index contributed by atoms with van der Waals surface area (Å²) in [5, 5.41) is 0. The van der Waals surface area contributed by atoms with Crippen LogP contribution in [-0.2, 0) is 9.47 Å². The van der Waals surface area contributed by atoms with Crippen molar-refractivity contribution >= 4 is 6.98 Å². The Kier molecular flexibility index (Phi) is 8.42. The van der Waals surface area contributed by atoms with Gasteiger partial charge >= 0.3 is 58.4 Å². The second kappa shape index (κ2) is 7.65. The molecule has 0 aromatic rings. The normalized spacial score (nSPS) is 19.1. The minimum Gasteiger partial charge on any atom is -0.447 e. The van der Waals surface area contributed by atoms with Crippen molar-refractivity contribution < 1.29 is 73.8 Å². The van der Waals surface area contributed by atoms with Crippen molar-refractivity contribution in [2.45, 2.75) is 12.8 Å². The minimum absolute atomic E-state index is 0. The van der Waals surface area contributed by atoms with Crippen molar-refractivity contribution in [1.29, 1.82) is 0 Å². The number of hydrogen-bond donors (Lipinski definition) is 0. The summed E-state index contributed by atoms with van der Waals surface area (Å²) in [7, 11) is 0. The van der Waals surface area contributed by atoms with Gasteiger partial charge in [0.05, 0.1) is 0 Å². The van der Waals surface area contributed by atoms with Crippen LogP contribution in [0.5, 0.6) is 0 Å². The monoisotopic (exact) mass is 236 g/mol. The van der Waals surface area contributed by atoms with Crippen molar-refractivity contribution in [3.05, 3.63) is 0 Å². The fourth-order valence-corrected chi connectivity index (χ4v) is 1.28. The Labute approximate surface area is 124 Å². The van der Waals surface area contributed by atoms with Gasteiger partial charge in [-0.15, -0.1) is 0 Å². The summed E-state index contributed by atoms with van der Waals surface area (Å²) < 4.78 is 44.8. The zero-order valence-electron chi connectivity index (χ0n) is 8.35. The topological polar surface area (TPSA) is 18.5 Å². The van der Waals surface area contributed by atoms with Crippen molar-refractivity contribution in [1.82, 2.24) is 0 Å². The van der Waals surface area contributed by atoms with Gasteiger partial charge in [-0.3, -0.25) is 0 Å². The number of halogens is 3. The summed E-state index contributed by atoms with van der Waals surface area (Å²) in [6.07, 6.45) is 1.62. The van der Waals surface area contributed by atoms with Gasteiger partial charge in [0.1, 0.15) is 0 Å². The van der Waals surface area contributed by atoms with Gasteiger partial charge in [0, 0.05) is 26.3 Å². The van der Waals surface area contributed by atoms with Crippen LogP contribution in [0.4, 0.5) is 12.9 Å². The molecule has 1 heterocycles. The quantitative estimate of drug-likeness (QED) is 0.572. The van der Waals surface area contributed by atoms with E-state index in [9.17, 15) is 12.9 Å². The molecular weight excluding hydrogens is 223 g/mol. The first-order valence-electron chi connectivity index (χ1n) is 4.44. The van der Waals surface area contributed by atoms with Crippen molar-refractivity contribution in [2.24, 2.45) is 5.92 Å². The van der Waals surface area contributed by atoms with Crippen LogP contribution in [0.1, 0.15) is 12.8 Å². The van der Waals surface area contributed by atoms with Gasteiger partial charge in [-0.2, -0.15) is 0 Å². The van der Waals surface area contributed by atoms with Gasteiger partial charge < -0.3 is 22.4 Å². The molecule has 0 spiro atoms. The van der Waals surface area contributed by atoms with Crippen LogP contribution in [0.2, 0.25) is 0 Å². The fourth-order valence-electron chi connectivity index (χ4n) is 1.28. The van der Waals surface area contributed by atoms with E-state index in [0.29, 0.717) is 13.2 Å². The minimum atomic E-state index is -4.78. The first kappa shape index (κ1) is 15.4. The Morgan fingerprint density at radius 2 is 1.79 bits per heavy atom. The molecule has 14 heavy (non-hydrogen) atoms. The van der Waals surface area contributed by atoms with Gasteiger partial charge in [-0.1, -0.05) is 0 Å². The summed E-state index contributed by atoms with van der Waals surface area (Å²) in [5.74, 6) is 0.242. The van der Waals surface area contributed by atoms with Crippen LogP contribution >= 0.6 is 0 Å². The first-order valence-corrected chi connectivity index (χ1v) is 4.44. The van der Waals surface area contributed by atoms with Crippen LogP contribution in [-0.4, -0.2) is 33.3 Å². The molecule has 0 aromatic carbocycles. The smallest absolute Gasteiger partial charge is 0.447 e. The molecule has 0 aromatic heterocycles. The van der Waals surface area contributed by atoms with E-state index in [2.05, 4.69) is 4.74 Å². The van der Waals surface area contributed by atoms with Crippen molar-refractivity contribution in [3.63, 3.8) is 0 Å². The van der Waals surface area contributed by atoms with E-state index < -0.39 is 13.5 Å². The van der Waals surface area contributed by atoms with E-state index in [1.54, 1.807) is 0 Å². The molecule has 0 atom stereocenters. The van der Waals surface area contributed by atoms with Crippen LogP contribution in [0.15, 0.2) is 0 Å². The van der Waals surface area contributed by atoms with Gasteiger partial charge in [0.2, 0.25) is 0 Å². The molecule has 0 unspecified atom stereocenters. The maximum absolute atomic E-state index is 11.7. The standard InChI is InChI=1S/C7H13BF3O2.K/c9-8(10,11)6-13-5-7-1-3-12-4-2-7;/h7H,1-6H2;/q-1;+1. The molecule has 1 aliphatic rings. The third-order valence-corrected chi connectivity index (χ3v) is 2.00. The van der Waals surface area contributed by atoms with Crippen LogP contribution < -0.4 is 51.4 Å². The molecule has 0 amide bonds. The van der Waals surface area contributed by atoms with Gasteiger partial charge in [0.15, 0.2) is 0 Å². The zero-order valence-corrected chi connectivity index (χ0v) is 11.5. The molecule has 1 aliphatic heterocycles. The average Bonchev–Trinajstić information content (AvgIpc) is 2.04. The maximum atomic E-state index is 11.7. The third-order valence-electron chi connectivity index (χ3n) is 2.00. The maximum Gasteiger partial charge on any atom is 1.00 e. The fraction of sp³-hybridized carbons (Fsp3) is 1.00. The average molecular weight is 236 g/mol. The Morgan fingerprint density at radius 3 is 2.29 bits per heavy atom. The van der Waals surface area contributed by atoms with E-state index in [1.165, 1.54) is 0 Å². The summed E-state index contributed by atoms with van der Waals surface area (Å²) >= 11 is 0. The molecule has 1 saturated heterocycles. The van der Waals surface area contributed by atoms with E-state index >= 15 is 0 Å². The Balaban J connectivity index is 0.00000169. The van der Waals surface area contributed by atoms with E-state index in [4.69, 9.17) is 4.74 Å². The molecule has 1 fully saturated rings. The van der Waals surface area contributed by atoms with Crippen LogP contribution in [0.3, 0.4) is 0 Å². The number of hydrogen-bond acceptors (Lipinski definition) is 2. The second-order valence-electron chi connectivity index (χ2n) is 3.30. The van der Waals surface area contributed by atoms with Crippen molar-refractivity contribution in [3.8, 4) is 0 Å². The van der Waals surface area contributed by atoms with E-state index in [-0.39, 0.29) is 63.9 Å². The zero-order chi connectivity index (χ0) is 9.73. The molecule has 0 N–H and O–H groups in total. The SMILES string of the molecule is F[B-](F)(F)COCC1CCOCC1.[K+]. The summed E-state index contributed by atoms with van der Waals surface area (Å²) in [6.45, 7) is -4.36. The van der Waals surface area contributed by atoms with Crippen LogP contribution in [0.25, 0.3) is 0 Å². The van der Waals surface area contributed by atoms with Gasteiger partial charge in [-0.05, 0) is 18.8 Å². The molecule has 0 bridgehead atoms. The Hall–Kier alpha value is 1.41. The predicted molar refractivity (Wildman–Crippen MR) is 43.4 cm³/mol. The molecule has 7 heteroatoms. The first-order chi connectivity index (χ1) is 6.08. The molecule has 0 saturated carbocycles. The van der Waals surface area contributed by atoms with E-state index in [1.807, 2.05) is 0 Å². The number of ether oxygens (including phenoxy) is 2. The summed E-state index contributed by atoms with van der Waals surface area (Å²) in [5.41, 5.74) is 0. The van der Waals surface area contributed by atoms with Gasteiger partial charge in [-0.25, -0.2) is 0 Å².